The quantitative estimate of drug-likeness (QED) is 0.814. The molecule has 10 heteroatoms. The lowest BCUT2D eigenvalue weighted by molar-refractivity contribution is -0.0521. The highest BCUT2D eigenvalue weighted by Crippen LogP contribution is 2.48. The van der Waals surface area contributed by atoms with E-state index in [-0.39, 0.29) is 19.2 Å². The summed E-state index contributed by atoms with van der Waals surface area (Å²) in [7, 11) is -5.20. The van der Waals surface area contributed by atoms with Crippen LogP contribution in [0, 0.1) is 0 Å². The maximum absolute atomic E-state index is 12.5. The van der Waals surface area contributed by atoms with Gasteiger partial charge in [-0.1, -0.05) is 0 Å². The van der Waals surface area contributed by atoms with Crippen molar-refractivity contribution < 1.29 is 26.3 Å². The number of ether oxygens (including phenoxy) is 1. The molecule has 3 rings (SSSR count). The van der Waals surface area contributed by atoms with E-state index in [2.05, 4.69) is 4.98 Å². The molecule has 3 heterocycles. The number of thioether (sulfide) groups is 1. The number of aromatic nitrogens is 1. The first-order valence-corrected chi connectivity index (χ1v) is 9.35. The van der Waals surface area contributed by atoms with Crippen molar-refractivity contribution in [3.63, 3.8) is 0 Å². The molecule has 2 aliphatic heterocycles. The van der Waals surface area contributed by atoms with Gasteiger partial charge in [0, 0.05) is 36.0 Å². The number of halogens is 3. The Morgan fingerprint density at radius 3 is 2.61 bits per heavy atom. The van der Waals surface area contributed by atoms with Crippen molar-refractivity contribution in [2.24, 2.45) is 0 Å². The van der Waals surface area contributed by atoms with E-state index in [0.29, 0.717) is 23.1 Å². The summed E-state index contributed by atoms with van der Waals surface area (Å²) in [6.45, 7) is 0.206. The standard InChI is InChI=1S/C13H15F3N2O3S2/c14-13(15,16)23(19,20)18-8-12(9-18)5-11(7-22-12)21-6-10-1-3-17-4-2-10/h1-4,11H,5-9H2/t11-/m1/s1. The smallest absolute Gasteiger partial charge is 0.373 e. The second-order valence-electron chi connectivity index (χ2n) is 5.71. The molecule has 0 radical (unpaired) electrons. The fourth-order valence-corrected chi connectivity index (χ4v) is 5.58. The van der Waals surface area contributed by atoms with E-state index in [1.54, 1.807) is 12.4 Å². The number of pyridine rings is 1. The molecule has 0 saturated carbocycles. The summed E-state index contributed by atoms with van der Waals surface area (Å²) in [4.78, 5) is 3.91. The molecule has 128 valence electrons. The lowest BCUT2D eigenvalue weighted by atomic mass is 9.95. The number of hydrogen-bond acceptors (Lipinski definition) is 5. The van der Waals surface area contributed by atoms with Crippen LogP contribution in [0.5, 0.6) is 0 Å². The van der Waals surface area contributed by atoms with Gasteiger partial charge >= 0.3 is 15.5 Å². The number of nitrogens with zero attached hydrogens (tertiary/aromatic N) is 2. The van der Waals surface area contributed by atoms with Crippen LogP contribution in [0.2, 0.25) is 0 Å². The minimum absolute atomic E-state index is 0.0797. The SMILES string of the molecule is O=S(=O)(N1CC2(C[C@@H](OCc3ccncc3)CS2)C1)C(F)(F)F. The van der Waals surface area contributed by atoms with Crippen molar-refractivity contribution in [1.29, 1.82) is 0 Å². The molecule has 0 N–H and O–H groups in total. The molecule has 23 heavy (non-hydrogen) atoms. The Bertz CT molecular complexity index is 661. The molecule has 0 bridgehead atoms. The molecule has 2 aliphatic rings. The summed E-state index contributed by atoms with van der Waals surface area (Å²) in [5.74, 6) is 0.658. The Labute approximate surface area is 136 Å². The van der Waals surface area contributed by atoms with Gasteiger partial charge in [0.2, 0.25) is 0 Å². The average molecular weight is 368 g/mol. The van der Waals surface area contributed by atoms with Crippen LogP contribution in [0.3, 0.4) is 0 Å². The van der Waals surface area contributed by atoms with Gasteiger partial charge in [0.05, 0.1) is 12.7 Å². The van der Waals surface area contributed by atoms with Gasteiger partial charge in [-0.25, -0.2) is 8.42 Å². The number of hydrogen-bond donors (Lipinski definition) is 0. The van der Waals surface area contributed by atoms with Gasteiger partial charge in [-0.3, -0.25) is 4.98 Å². The van der Waals surface area contributed by atoms with Crippen LogP contribution in [0.25, 0.3) is 0 Å². The summed E-state index contributed by atoms with van der Waals surface area (Å²) in [6, 6.07) is 3.66. The highest BCUT2D eigenvalue weighted by molar-refractivity contribution is 8.01. The number of rotatable bonds is 4. The predicted octanol–water partition coefficient (Wildman–Crippen LogP) is 2.01. The Morgan fingerprint density at radius 2 is 2.00 bits per heavy atom. The normalized spacial score (nSPS) is 24.7. The molecule has 0 unspecified atom stereocenters. The predicted molar refractivity (Wildman–Crippen MR) is 79.2 cm³/mol. The van der Waals surface area contributed by atoms with E-state index in [4.69, 9.17) is 4.74 Å². The molecule has 2 fully saturated rings. The summed E-state index contributed by atoms with van der Waals surface area (Å²) < 4.78 is 66.0. The molecular formula is C13H15F3N2O3S2. The van der Waals surface area contributed by atoms with Gasteiger partial charge in [0.1, 0.15) is 0 Å². The minimum Gasteiger partial charge on any atom is -0.373 e. The Kier molecular flexibility index (Phi) is 4.36. The lowest BCUT2D eigenvalue weighted by Gasteiger charge is -2.46. The number of alkyl halides is 3. The van der Waals surface area contributed by atoms with E-state index >= 15 is 0 Å². The molecule has 1 atom stereocenters. The van der Waals surface area contributed by atoms with Crippen molar-refractivity contribution in [2.75, 3.05) is 18.8 Å². The molecule has 1 aromatic rings. The van der Waals surface area contributed by atoms with E-state index in [0.717, 1.165) is 5.56 Å². The van der Waals surface area contributed by atoms with Crippen LogP contribution in [0.1, 0.15) is 12.0 Å². The van der Waals surface area contributed by atoms with E-state index in [9.17, 15) is 21.6 Å². The highest BCUT2D eigenvalue weighted by atomic mass is 32.2. The fourth-order valence-electron chi connectivity index (χ4n) is 2.74. The van der Waals surface area contributed by atoms with Gasteiger partial charge in [-0.05, 0) is 24.1 Å². The number of sulfonamides is 1. The zero-order valence-electron chi connectivity index (χ0n) is 12.0. The van der Waals surface area contributed by atoms with Crippen LogP contribution >= 0.6 is 11.8 Å². The van der Waals surface area contributed by atoms with E-state index < -0.39 is 20.3 Å². The third kappa shape index (κ3) is 3.35. The summed E-state index contributed by atoms with van der Waals surface area (Å²) >= 11 is 1.49. The van der Waals surface area contributed by atoms with Crippen molar-refractivity contribution in [3.05, 3.63) is 30.1 Å². The zero-order valence-corrected chi connectivity index (χ0v) is 13.6. The van der Waals surface area contributed by atoms with Gasteiger partial charge in [0.25, 0.3) is 0 Å². The molecule has 5 nitrogen and oxygen atoms in total. The van der Waals surface area contributed by atoms with Crippen molar-refractivity contribution in [2.45, 2.75) is 29.4 Å². The molecule has 0 aromatic carbocycles. The summed E-state index contributed by atoms with van der Waals surface area (Å²) in [5, 5.41) is 0. The third-order valence-corrected chi connectivity index (χ3v) is 7.07. The lowest BCUT2D eigenvalue weighted by Crippen LogP contribution is -2.62. The molecule has 1 spiro atoms. The highest BCUT2D eigenvalue weighted by Gasteiger charge is 2.59. The van der Waals surface area contributed by atoms with Gasteiger partial charge < -0.3 is 4.74 Å². The minimum atomic E-state index is -5.23. The zero-order chi connectivity index (χ0) is 16.7. The first kappa shape index (κ1) is 17.0. The van der Waals surface area contributed by atoms with E-state index in [1.165, 1.54) is 11.8 Å². The molecule has 2 saturated heterocycles. The topological polar surface area (TPSA) is 59.5 Å². The Balaban J connectivity index is 1.52. The van der Waals surface area contributed by atoms with Gasteiger partial charge in [-0.15, -0.1) is 11.8 Å². The van der Waals surface area contributed by atoms with Crippen LogP contribution in [-0.4, -0.2) is 52.9 Å². The van der Waals surface area contributed by atoms with Gasteiger partial charge in [-0.2, -0.15) is 17.5 Å². The molecular weight excluding hydrogens is 353 g/mol. The Morgan fingerprint density at radius 1 is 1.35 bits per heavy atom. The first-order valence-electron chi connectivity index (χ1n) is 6.93. The van der Waals surface area contributed by atoms with Crippen LogP contribution in [0.15, 0.2) is 24.5 Å². The van der Waals surface area contributed by atoms with E-state index in [1.807, 2.05) is 12.1 Å². The third-order valence-electron chi connectivity index (χ3n) is 3.97. The van der Waals surface area contributed by atoms with Crippen LogP contribution in [0.4, 0.5) is 13.2 Å². The first-order chi connectivity index (χ1) is 10.7. The monoisotopic (exact) mass is 368 g/mol. The van der Waals surface area contributed by atoms with Gasteiger partial charge in [0.15, 0.2) is 0 Å². The Hall–Kier alpha value is -0.840. The molecule has 0 amide bonds. The second-order valence-corrected chi connectivity index (χ2v) is 9.12. The summed E-state index contributed by atoms with van der Waals surface area (Å²) in [6.07, 6.45) is 3.81. The largest absolute Gasteiger partial charge is 0.511 e. The van der Waals surface area contributed by atoms with Crippen molar-refractivity contribution in [1.82, 2.24) is 9.29 Å². The van der Waals surface area contributed by atoms with Crippen LogP contribution in [-0.2, 0) is 21.4 Å². The maximum atomic E-state index is 12.5. The van der Waals surface area contributed by atoms with Crippen molar-refractivity contribution >= 4 is 21.8 Å². The molecule has 1 aromatic heterocycles. The summed E-state index contributed by atoms with van der Waals surface area (Å²) in [5.41, 5.74) is -4.25. The second kappa shape index (κ2) is 5.91. The van der Waals surface area contributed by atoms with Crippen LogP contribution < -0.4 is 0 Å². The van der Waals surface area contributed by atoms with Crippen molar-refractivity contribution in [3.8, 4) is 0 Å². The average Bonchev–Trinajstić information content (AvgIpc) is 2.88. The molecule has 0 aliphatic carbocycles. The fraction of sp³-hybridized carbons (Fsp3) is 0.615. The maximum Gasteiger partial charge on any atom is 0.511 e.